The summed E-state index contributed by atoms with van der Waals surface area (Å²) in [7, 11) is 0. The second kappa shape index (κ2) is 7.88. The molecule has 138 valence electrons. The number of fused-ring (bicyclic) bond motifs is 1. The maximum atomic E-state index is 12.1. The zero-order valence-electron chi connectivity index (χ0n) is 14.2. The molecule has 0 unspecified atom stereocenters. The van der Waals surface area contributed by atoms with E-state index >= 15 is 0 Å². The molecule has 0 fully saturated rings. The van der Waals surface area contributed by atoms with Gasteiger partial charge in [-0.1, -0.05) is 12.1 Å². The summed E-state index contributed by atoms with van der Waals surface area (Å²) in [5.74, 6) is -1.31. The van der Waals surface area contributed by atoms with Gasteiger partial charge < -0.3 is 20.1 Å². The second-order valence-corrected chi connectivity index (χ2v) is 6.61. The Kier molecular flexibility index (Phi) is 5.38. The molecule has 1 aromatic heterocycles. The van der Waals surface area contributed by atoms with Crippen molar-refractivity contribution in [3.8, 4) is 11.8 Å². The van der Waals surface area contributed by atoms with E-state index in [1.165, 1.54) is 18.3 Å². The molecular formula is C18H15N3O5S. The first kappa shape index (κ1) is 18.4. The van der Waals surface area contributed by atoms with E-state index in [1.54, 1.807) is 35.7 Å². The highest BCUT2D eigenvalue weighted by Gasteiger charge is 2.31. The summed E-state index contributed by atoms with van der Waals surface area (Å²) in [6.45, 7) is 1.41. The molecule has 2 N–H and O–H groups in total. The van der Waals surface area contributed by atoms with Crippen LogP contribution in [0.4, 0.5) is 10.7 Å². The summed E-state index contributed by atoms with van der Waals surface area (Å²) in [4.78, 5) is 36.3. The fourth-order valence-corrected chi connectivity index (χ4v) is 3.13. The molecule has 0 saturated carbocycles. The third-order valence-corrected chi connectivity index (χ3v) is 4.59. The van der Waals surface area contributed by atoms with Crippen LogP contribution in [0.1, 0.15) is 18.9 Å². The van der Waals surface area contributed by atoms with Gasteiger partial charge in [-0.15, -0.1) is 11.3 Å². The number of hydrogen-bond donors (Lipinski definition) is 2. The summed E-state index contributed by atoms with van der Waals surface area (Å²) in [5.41, 5.74) is 0.863. The largest absolute Gasteiger partial charge is 0.478 e. The van der Waals surface area contributed by atoms with Crippen LogP contribution in [0.5, 0.6) is 5.75 Å². The SMILES string of the molecule is C[C@@H](OC(=O)C[C@@H]1Oc2ccccc2NC1=O)C(=O)Nc1sccc1C#N. The van der Waals surface area contributed by atoms with Crippen LogP contribution in [0.3, 0.4) is 0 Å². The van der Waals surface area contributed by atoms with Gasteiger partial charge in [0.1, 0.15) is 16.8 Å². The quantitative estimate of drug-likeness (QED) is 0.763. The minimum absolute atomic E-state index is 0.331. The Labute approximate surface area is 158 Å². The molecular weight excluding hydrogens is 370 g/mol. The number of rotatable bonds is 5. The Bertz CT molecular complexity index is 933. The van der Waals surface area contributed by atoms with E-state index in [0.29, 0.717) is 22.0 Å². The molecule has 8 nitrogen and oxygen atoms in total. The predicted octanol–water partition coefficient (Wildman–Crippen LogP) is 2.28. The number of nitriles is 1. The fraction of sp³-hybridized carbons (Fsp3) is 0.222. The van der Waals surface area contributed by atoms with Crippen molar-refractivity contribution in [2.45, 2.75) is 25.6 Å². The van der Waals surface area contributed by atoms with Crippen LogP contribution < -0.4 is 15.4 Å². The molecule has 2 aromatic rings. The van der Waals surface area contributed by atoms with Crippen molar-refractivity contribution in [2.75, 3.05) is 10.6 Å². The molecule has 2 heterocycles. The second-order valence-electron chi connectivity index (χ2n) is 5.69. The average Bonchev–Trinajstić information content (AvgIpc) is 3.09. The van der Waals surface area contributed by atoms with E-state index in [9.17, 15) is 14.4 Å². The van der Waals surface area contributed by atoms with Gasteiger partial charge in [0.25, 0.3) is 11.8 Å². The number of benzene rings is 1. The van der Waals surface area contributed by atoms with Gasteiger partial charge in [-0.25, -0.2) is 0 Å². The predicted molar refractivity (Wildman–Crippen MR) is 97.3 cm³/mol. The van der Waals surface area contributed by atoms with E-state index in [1.807, 2.05) is 6.07 Å². The van der Waals surface area contributed by atoms with E-state index in [0.717, 1.165) is 0 Å². The first-order chi connectivity index (χ1) is 13.0. The number of thiophene rings is 1. The van der Waals surface area contributed by atoms with E-state index in [4.69, 9.17) is 14.7 Å². The van der Waals surface area contributed by atoms with Gasteiger partial charge >= 0.3 is 5.97 Å². The molecule has 3 rings (SSSR count). The summed E-state index contributed by atoms with van der Waals surface area (Å²) in [5, 5.41) is 16.2. The molecule has 2 atom stereocenters. The lowest BCUT2D eigenvalue weighted by atomic mass is 10.1. The third kappa shape index (κ3) is 4.24. The van der Waals surface area contributed by atoms with Crippen molar-refractivity contribution in [2.24, 2.45) is 0 Å². The maximum Gasteiger partial charge on any atom is 0.310 e. The number of para-hydroxylation sites is 2. The molecule has 9 heteroatoms. The Hall–Kier alpha value is -3.38. The summed E-state index contributed by atoms with van der Waals surface area (Å²) in [6.07, 6.45) is -2.46. The van der Waals surface area contributed by atoms with Crippen LogP contribution >= 0.6 is 11.3 Å². The zero-order chi connectivity index (χ0) is 19.4. The molecule has 2 amide bonds. The zero-order valence-corrected chi connectivity index (χ0v) is 15.0. The third-order valence-electron chi connectivity index (χ3n) is 3.76. The highest BCUT2D eigenvalue weighted by atomic mass is 32.1. The number of anilines is 2. The van der Waals surface area contributed by atoms with E-state index < -0.39 is 30.0 Å². The standard InChI is InChI=1S/C18H15N3O5S/c1-10(16(23)21-18-11(9-19)6-7-27-18)25-15(22)8-14-17(24)20-12-4-2-3-5-13(12)26-14/h2-7,10,14H,8H2,1H3,(H,20,24)(H,21,23)/t10-,14+/m1/s1. The molecule has 0 spiro atoms. The Balaban J connectivity index is 1.55. The Morgan fingerprint density at radius 3 is 2.96 bits per heavy atom. The number of nitrogens with one attached hydrogen (secondary N) is 2. The first-order valence-electron chi connectivity index (χ1n) is 8.02. The van der Waals surface area contributed by atoms with Crippen LogP contribution in [-0.2, 0) is 19.1 Å². The van der Waals surface area contributed by atoms with E-state index in [2.05, 4.69) is 10.6 Å². The minimum Gasteiger partial charge on any atom is -0.478 e. The molecule has 1 aromatic carbocycles. The van der Waals surface area contributed by atoms with Crippen molar-refractivity contribution in [1.29, 1.82) is 5.26 Å². The number of carbonyl (C=O) groups is 3. The lowest BCUT2D eigenvalue weighted by molar-refractivity contribution is -0.155. The molecule has 1 aliphatic heterocycles. The van der Waals surface area contributed by atoms with Gasteiger partial charge in [0.05, 0.1) is 17.7 Å². The number of esters is 1. The Morgan fingerprint density at radius 1 is 1.41 bits per heavy atom. The summed E-state index contributed by atoms with van der Waals surface area (Å²) in [6, 6.07) is 10.4. The monoisotopic (exact) mass is 385 g/mol. The van der Waals surface area contributed by atoms with Gasteiger partial charge in [0.2, 0.25) is 0 Å². The van der Waals surface area contributed by atoms with Gasteiger partial charge in [0, 0.05) is 0 Å². The smallest absolute Gasteiger partial charge is 0.310 e. The highest BCUT2D eigenvalue weighted by molar-refractivity contribution is 7.14. The van der Waals surface area contributed by atoms with Crippen molar-refractivity contribution < 1.29 is 23.9 Å². The molecule has 0 saturated heterocycles. The Morgan fingerprint density at radius 2 is 2.19 bits per heavy atom. The van der Waals surface area contributed by atoms with Crippen molar-refractivity contribution in [3.63, 3.8) is 0 Å². The van der Waals surface area contributed by atoms with Gasteiger partial charge in [-0.05, 0) is 30.5 Å². The van der Waals surface area contributed by atoms with Crippen molar-refractivity contribution >= 4 is 39.8 Å². The van der Waals surface area contributed by atoms with Crippen LogP contribution in [-0.4, -0.2) is 30.0 Å². The van der Waals surface area contributed by atoms with E-state index in [-0.39, 0.29) is 6.42 Å². The number of ether oxygens (including phenoxy) is 2. The average molecular weight is 385 g/mol. The lowest BCUT2D eigenvalue weighted by Crippen LogP contribution is -2.40. The normalized spacial score (nSPS) is 16.1. The van der Waals surface area contributed by atoms with Crippen LogP contribution in [0.25, 0.3) is 0 Å². The van der Waals surface area contributed by atoms with Gasteiger partial charge in [-0.2, -0.15) is 5.26 Å². The maximum absolute atomic E-state index is 12.1. The van der Waals surface area contributed by atoms with Gasteiger partial charge in [0.15, 0.2) is 12.2 Å². The fourth-order valence-electron chi connectivity index (χ4n) is 2.38. The lowest BCUT2D eigenvalue weighted by Gasteiger charge is -2.25. The van der Waals surface area contributed by atoms with Crippen LogP contribution in [0, 0.1) is 11.3 Å². The molecule has 27 heavy (non-hydrogen) atoms. The molecule has 0 radical (unpaired) electrons. The minimum atomic E-state index is -1.09. The van der Waals surface area contributed by atoms with Crippen molar-refractivity contribution in [3.05, 3.63) is 41.3 Å². The molecule has 0 aliphatic carbocycles. The first-order valence-corrected chi connectivity index (χ1v) is 8.90. The number of amides is 2. The van der Waals surface area contributed by atoms with Crippen LogP contribution in [0.2, 0.25) is 0 Å². The van der Waals surface area contributed by atoms with Gasteiger partial charge in [-0.3, -0.25) is 14.4 Å². The summed E-state index contributed by atoms with van der Waals surface area (Å²) < 4.78 is 10.6. The number of carbonyl (C=O) groups excluding carboxylic acids is 3. The molecule has 0 bridgehead atoms. The van der Waals surface area contributed by atoms with Crippen LogP contribution in [0.15, 0.2) is 35.7 Å². The van der Waals surface area contributed by atoms with Crippen molar-refractivity contribution in [1.82, 2.24) is 0 Å². The topological polar surface area (TPSA) is 118 Å². The summed E-state index contributed by atoms with van der Waals surface area (Å²) >= 11 is 1.19. The number of nitrogens with zero attached hydrogens (tertiary/aromatic N) is 1. The highest BCUT2D eigenvalue weighted by Crippen LogP contribution is 2.29. The molecule has 1 aliphatic rings. The number of hydrogen-bond acceptors (Lipinski definition) is 7.